The van der Waals surface area contributed by atoms with Gasteiger partial charge in [-0.3, -0.25) is 0 Å². The van der Waals surface area contributed by atoms with Crippen molar-refractivity contribution in [2.45, 2.75) is 6.92 Å². The van der Waals surface area contributed by atoms with E-state index in [0.29, 0.717) is 0 Å². The van der Waals surface area contributed by atoms with Crippen LogP contribution in [0.25, 0.3) is 28.2 Å². The largest absolute Gasteiger partial charge is 0.193 e. The normalized spacial score (nSPS) is 10.3. The molecule has 25 heavy (non-hydrogen) atoms. The van der Waals surface area contributed by atoms with Gasteiger partial charge in [-0.15, -0.1) is 41.0 Å². The molecule has 1 heterocycles. The van der Waals surface area contributed by atoms with Gasteiger partial charge in [0.1, 0.15) is 0 Å². The van der Waals surface area contributed by atoms with Crippen molar-refractivity contribution in [1.29, 1.82) is 0 Å². The van der Waals surface area contributed by atoms with Gasteiger partial charge in [0.15, 0.2) is 5.82 Å². The Morgan fingerprint density at radius 1 is 0.840 bits per heavy atom. The number of benzene rings is 3. The second kappa shape index (κ2) is 7.81. The van der Waals surface area contributed by atoms with Crippen LogP contribution in [-0.4, -0.2) is 20.2 Å². The van der Waals surface area contributed by atoms with E-state index in [1.165, 1.54) is 0 Å². The zero-order chi connectivity index (χ0) is 16.4. The topological polar surface area (TPSA) is 43.6 Å². The van der Waals surface area contributed by atoms with Crippen LogP contribution in [0.3, 0.4) is 0 Å². The molecular formula is C20H15N4Y-. The van der Waals surface area contributed by atoms with Crippen LogP contribution in [0.2, 0.25) is 0 Å². The SMILES string of the molecule is Cc1ccccc1-n1nnnc1-c1ccccc1-c1[c-]cccc1.[Y]. The van der Waals surface area contributed by atoms with Crippen LogP contribution in [-0.2, 0) is 32.7 Å². The molecule has 0 atom stereocenters. The molecule has 0 N–H and O–H groups in total. The minimum atomic E-state index is 0. The average molecular weight is 400 g/mol. The van der Waals surface area contributed by atoms with E-state index in [-0.39, 0.29) is 32.7 Å². The van der Waals surface area contributed by atoms with E-state index in [1.54, 1.807) is 4.68 Å². The molecule has 0 fully saturated rings. The Bertz CT molecular complexity index is 980. The van der Waals surface area contributed by atoms with Crippen molar-refractivity contribution < 1.29 is 32.7 Å². The third-order valence-corrected chi connectivity index (χ3v) is 3.98. The summed E-state index contributed by atoms with van der Waals surface area (Å²) in [7, 11) is 0. The minimum absolute atomic E-state index is 0. The summed E-state index contributed by atoms with van der Waals surface area (Å²) in [6.45, 7) is 2.05. The van der Waals surface area contributed by atoms with Crippen LogP contribution in [0.5, 0.6) is 0 Å². The number of hydrogen-bond donors (Lipinski definition) is 0. The summed E-state index contributed by atoms with van der Waals surface area (Å²) in [5, 5.41) is 12.4. The summed E-state index contributed by atoms with van der Waals surface area (Å²) >= 11 is 0. The fourth-order valence-electron chi connectivity index (χ4n) is 2.79. The molecule has 4 rings (SSSR count). The number of hydrogen-bond acceptors (Lipinski definition) is 3. The monoisotopic (exact) mass is 400 g/mol. The van der Waals surface area contributed by atoms with Crippen molar-refractivity contribution in [2.24, 2.45) is 0 Å². The second-order valence-electron chi connectivity index (χ2n) is 5.52. The maximum Gasteiger partial charge on any atom is 0.178 e. The Kier molecular flexibility index (Phi) is 5.51. The molecule has 0 spiro atoms. The predicted octanol–water partition coefficient (Wildman–Crippen LogP) is 4.10. The van der Waals surface area contributed by atoms with Crippen molar-refractivity contribution >= 4 is 0 Å². The van der Waals surface area contributed by atoms with E-state index in [9.17, 15) is 0 Å². The molecule has 0 bridgehead atoms. The third-order valence-electron chi connectivity index (χ3n) is 3.98. The maximum atomic E-state index is 4.28. The van der Waals surface area contributed by atoms with Crippen LogP contribution < -0.4 is 0 Å². The molecule has 119 valence electrons. The van der Waals surface area contributed by atoms with Gasteiger partial charge in [0.05, 0.1) is 5.69 Å². The number of nitrogens with zero attached hydrogens (tertiary/aromatic N) is 4. The summed E-state index contributed by atoms with van der Waals surface area (Å²) < 4.78 is 1.79. The van der Waals surface area contributed by atoms with Gasteiger partial charge >= 0.3 is 0 Å². The second-order valence-corrected chi connectivity index (χ2v) is 5.52. The Morgan fingerprint density at radius 2 is 1.56 bits per heavy atom. The smallest absolute Gasteiger partial charge is 0.178 e. The molecule has 0 aliphatic rings. The molecule has 4 aromatic rings. The summed E-state index contributed by atoms with van der Waals surface area (Å²) in [6.07, 6.45) is 0. The van der Waals surface area contributed by atoms with E-state index in [2.05, 4.69) is 40.6 Å². The summed E-state index contributed by atoms with van der Waals surface area (Å²) in [5.74, 6) is 0.720. The molecule has 1 aromatic heterocycles. The van der Waals surface area contributed by atoms with E-state index in [4.69, 9.17) is 0 Å². The number of aryl methyl sites for hydroxylation is 1. The van der Waals surface area contributed by atoms with Crippen LogP contribution >= 0.6 is 0 Å². The molecule has 0 saturated carbocycles. The molecule has 0 aliphatic heterocycles. The first-order valence-electron chi connectivity index (χ1n) is 7.75. The average Bonchev–Trinajstić information content (AvgIpc) is 3.12. The van der Waals surface area contributed by atoms with Gasteiger partial charge in [-0.1, -0.05) is 48.0 Å². The Labute approximate surface area is 171 Å². The van der Waals surface area contributed by atoms with Gasteiger partial charge in [0.2, 0.25) is 0 Å². The first-order valence-corrected chi connectivity index (χ1v) is 7.75. The zero-order valence-electron chi connectivity index (χ0n) is 13.8. The molecule has 0 unspecified atom stereocenters. The van der Waals surface area contributed by atoms with Gasteiger partial charge in [0, 0.05) is 32.7 Å². The van der Waals surface area contributed by atoms with Crippen molar-refractivity contribution in [3.63, 3.8) is 0 Å². The summed E-state index contributed by atoms with van der Waals surface area (Å²) in [5.41, 5.74) is 5.16. The molecule has 3 aromatic carbocycles. The van der Waals surface area contributed by atoms with E-state index in [1.807, 2.05) is 60.7 Å². The molecule has 5 heteroatoms. The molecule has 1 radical (unpaired) electrons. The van der Waals surface area contributed by atoms with Crippen molar-refractivity contribution in [1.82, 2.24) is 20.2 Å². The fourth-order valence-corrected chi connectivity index (χ4v) is 2.79. The number of tetrazole rings is 1. The molecule has 4 nitrogen and oxygen atoms in total. The standard InChI is InChI=1S/C20H15N4.Y/c1-15-9-5-8-14-19(15)24-20(21-22-23-24)18-13-7-6-12-17(18)16-10-3-2-4-11-16;/h2-10,12-14H,1H3;/q-1;. The van der Waals surface area contributed by atoms with E-state index >= 15 is 0 Å². The van der Waals surface area contributed by atoms with Gasteiger partial charge < -0.3 is 0 Å². The molecular weight excluding hydrogens is 385 g/mol. The third kappa shape index (κ3) is 3.46. The predicted molar refractivity (Wildman–Crippen MR) is 93.6 cm³/mol. The summed E-state index contributed by atoms with van der Waals surface area (Å²) in [6, 6.07) is 27.4. The number of rotatable bonds is 3. The maximum absolute atomic E-state index is 4.28. The molecule has 0 aliphatic carbocycles. The van der Waals surface area contributed by atoms with Crippen molar-refractivity contribution in [3.05, 3.63) is 84.4 Å². The van der Waals surface area contributed by atoms with Crippen LogP contribution in [0.15, 0.2) is 72.8 Å². The first-order chi connectivity index (χ1) is 11.8. The Hall–Kier alpha value is -2.17. The Balaban J connectivity index is 0.00000182. The van der Waals surface area contributed by atoms with Gasteiger partial charge in [0.25, 0.3) is 0 Å². The molecule has 0 saturated heterocycles. The van der Waals surface area contributed by atoms with E-state index in [0.717, 1.165) is 33.8 Å². The van der Waals surface area contributed by atoms with Gasteiger partial charge in [-0.25, -0.2) is 0 Å². The van der Waals surface area contributed by atoms with Gasteiger partial charge in [-0.05, 0) is 34.5 Å². The van der Waals surface area contributed by atoms with Crippen LogP contribution in [0, 0.1) is 13.0 Å². The fraction of sp³-hybridized carbons (Fsp3) is 0.0500. The Morgan fingerprint density at radius 3 is 2.32 bits per heavy atom. The van der Waals surface area contributed by atoms with Crippen molar-refractivity contribution in [3.8, 4) is 28.2 Å². The van der Waals surface area contributed by atoms with Crippen LogP contribution in [0.1, 0.15) is 5.56 Å². The summed E-state index contributed by atoms with van der Waals surface area (Å²) in [4.78, 5) is 0. The molecule has 0 amide bonds. The quantitative estimate of drug-likeness (QED) is 0.487. The van der Waals surface area contributed by atoms with Crippen molar-refractivity contribution in [2.75, 3.05) is 0 Å². The van der Waals surface area contributed by atoms with E-state index < -0.39 is 0 Å². The number of para-hydroxylation sites is 1. The first kappa shape index (κ1) is 17.7. The zero-order valence-corrected chi connectivity index (χ0v) is 16.6. The van der Waals surface area contributed by atoms with Gasteiger partial charge in [-0.2, -0.15) is 4.68 Å². The number of aromatic nitrogens is 4. The van der Waals surface area contributed by atoms with Crippen LogP contribution in [0.4, 0.5) is 0 Å². The minimum Gasteiger partial charge on any atom is -0.193 e.